The maximum absolute atomic E-state index is 11.1. The molecule has 2 N–H and O–H groups in total. The van der Waals surface area contributed by atoms with Crippen LogP contribution in [-0.2, 0) is 4.79 Å². The Hall–Kier alpha value is -0.570. The van der Waals surface area contributed by atoms with Gasteiger partial charge in [0.25, 0.3) is 0 Å². The molecular formula is C11H18O3. The van der Waals surface area contributed by atoms with Crippen LogP contribution in [0.5, 0.6) is 0 Å². The summed E-state index contributed by atoms with van der Waals surface area (Å²) in [5, 5.41) is 18.4. The number of fused-ring (bicyclic) bond motifs is 2. The third-order valence-corrected chi connectivity index (χ3v) is 4.69. The number of aliphatic hydroxyl groups is 1. The molecule has 80 valence electrons. The zero-order valence-electron chi connectivity index (χ0n) is 8.68. The Labute approximate surface area is 84.1 Å². The van der Waals surface area contributed by atoms with Crippen LogP contribution in [0.3, 0.4) is 0 Å². The monoisotopic (exact) mass is 198 g/mol. The highest BCUT2D eigenvalue weighted by molar-refractivity contribution is 5.71. The Morgan fingerprint density at radius 3 is 2.36 bits per heavy atom. The molecule has 0 heterocycles. The van der Waals surface area contributed by atoms with Gasteiger partial charge in [-0.2, -0.15) is 0 Å². The molecule has 0 aliphatic heterocycles. The lowest BCUT2D eigenvalue weighted by Crippen LogP contribution is -2.38. The Balaban J connectivity index is 2.25. The topological polar surface area (TPSA) is 57.5 Å². The van der Waals surface area contributed by atoms with Gasteiger partial charge in [0.1, 0.15) is 0 Å². The molecule has 0 aromatic rings. The van der Waals surface area contributed by atoms with E-state index in [-0.39, 0.29) is 18.4 Å². The smallest absolute Gasteiger partial charge is 0.307 e. The van der Waals surface area contributed by atoms with E-state index in [1.54, 1.807) is 0 Å². The van der Waals surface area contributed by atoms with E-state index in [4.69, 9.17) is 5.11 Å². The average molecular weight is 198 g/mol. The van der Waals surface area contributed by atoms with Crippen LogP contribution < -0.4 is 0 Å². The summed E-state index contributed by atoms with van der Waals surface area (Å²) in [6, 6.07) is 0. The largest absolute Gasteiger partial charge is 0.481 e. The van der Waals surface area contributed by atoms with Gasteiger partial charge >= 0.3 is 5.97 Å². The van der Waals surface area contributed by atoms with Crippen molar-refractivity contribution in [2.75, 3.05) is 6.61 Å². The maximum atomic E-state index is 11.1. The van der Waals surface area contributed by atoms with E-state index in [1.807, 2.05) is 0 Å². The molecule has 3 heteroatoms. The molecule has 2 bridgehead atoms. The Morgan fingerprint density at radius 2 is 1.86 bits per heavy atom. The van der Waals surface area contributed by atoms with Crippen LogP contribution in [0.25, 0.3) is 0 Å². The van der Waals surface area contributed by atoms with Crippen molar-refractivity contribution < 1.29 is 15.0 Å². The van der Waals surface area contributed by atoms with Crippen LogP contribution in [0.2, 0.25) is 0 Å². The summed E-state index contributed by atoms with van der Waals surface area (Å²) in [7, 11) is 0. The third-order valence-electron chi connectivity index (χ3n) is 4.69. The molecule has 2 aliphatic carbocycles. The van der Waals surface area contributed by atoms with E-state index in [0.29, 0.717) is 23.7 Å². The first-order valence-electron chi connectivity index (χ1n) is 5.41. The molecule has 6 unspecified atom stereocenters. The first-order chi connectivity index (χ1) is 6.57. The standard InChI is InChI=1S/C11H18O3/c1-5-6(2)8-3-7(5)9(4-12)10(8)11(13)14/h5-10,12H,3-4H2,1-2H3,(H,13,14). The molecule has 0 radical (unpaired) electrons. The predicted molar refractivity (Wildman–Crippen MR) is 51.6 cm³/mol. The zero-order chi connectivity index (χ0) is 10.5. The first-order valence-corrected chi connectivity index (χ1v) is 5.41. The molecule has 2 saturated carbocycles. The molecule has 2 rings (SSSR count). The number of carboxylic acid groups (broad SMARTS) is 1. The van der Waals surface area contributed by atoms with Crippen LogP contribution in [0.4, 0.5) is 0 Å². The van der Waals surface area contributed by atoms with Crippen molar-refractivity contribution in [2.45, 2.75) is 20.3 Å². The molecule has 14 heavy (non-hydrogen) atoms. The summed E-state index contributed by atoms with van der Waals surface area (Å²) in [6.45, 7) is 4.38. The molecule has 0 aromatic heterocycles. The lowest BCUT2D eigenvalue weighted by atomic mass is 9.70. The van der Waals surface area contributed by atoms with Crippen molar-refractivity contribution in [1.82, 2.24) is 0 Å². The normalized spacial score (nSPS) is 51.1. The predicted octanol–water partition coefficient (Wildman–Crippen LogP) is 1.22. The van der Waals surface area contributed by atoms with E-state index >= 15 is 0 Å². The molecule has 0 spiro atoms. The second-order valence-corrected chi connectivity index (χ2v) is 4.99. The Bertz CT molecular complexity index is 249. The second-order valence-electron chi connectivity index (χ2n) is 4.99. The van der Waals surface area contributed by atoms with Crippen LogP contribution in [0.1, 0.15) is 20.3 Å². The van der Waals surface area contributed by atoms with Crippen molar-refractivity contribution >= 4 is 5.97 Å². The van der Waals surface area contributed by atoms with Gasteiger partial charge in [-0.3, -0.25) is 4.79 Å². The van der Waals surface area contributed by atoms with Crippen molar-refractivity contribution in [3.8, 4) is 0 Å². The molecule has 0 amide bonds. The second kappa shape index (κ2) is 3.23. The van der Waals surface area contributed by atoms with Crippen molar-refractivity contribution in [1.29, 1.82) is 0 Å². The van der Waals surface area contributed by atoms with E-state index < -0.39 is 5.97 Å². The summed E-state index contributed by atoms with van der Waals surface area (Å²) in [5.41, 5.74) is 0. The lowest BCUT2D eigenvalue weighted by molar-refractivity contribution is -0.148. The number of rotatable bonds is 2. The molecule has 0 aromatic carbocycles. The minimum absolute atomic E-state index is 0.00343. The highest BCUT2D eigenvalue weighted by Crippen LogP contribution is 2.57. The van der Waals surface area contributed by atoms with Crippen LogP contribution >= 0.6 is 0 Å². The van der Waals surface area contributed by atoms with Gasteiger partial charge in [0.05, 0.1) is 5.92 Å². The van der Waals surface area contributed by atoms with E-state index in [1.165, 1.54) is 0 Å². The van der Waals surface area contributed by atoms with Crippen LogP contribution in [0.15, 0.2) is 0 Å². The van der Waals surface area contributed by atoms with Crippen LogP contribution in [0, 0.1) is 35.5 Å². The van der Waals surface area contributed by atoms with Crippen molar-refractivity contribution in [3.05, 3.63) is 0 Å². The summed E-state index contributed by atoms with van der Waals surface area (Å²) >= 11 is 0. The first kappa shape index (κ1) is 9.97. The van der Waals surface area contributed by atoms with Crippen molar-refractivity contribution in [3.63, 3.8) is 0 Å². The van der Waals surface area contributed by atoms with Crippen LogP contribution in [-0.4, -0.2) is 22.8 Å². The third kappa shape index (κ3) is 1.11. The fourth-order valence-electron chi connectivity index (χ4n) is 3.76. The molecule has 6 atom stereocenters. The summed E-state index contributed by atoms with van der Waals surface area (Å²) in [6.07, 6.45) is 1.00. The Morgan fingerprint density at radius 1 is 1.29 bits per heavy atom. The lowest BCUT2D eigenvalue weighted by Gasteiger charge is -2.35. The molecule has 2 aliphatic rings. The zero-order valence-corrected chi connectivity index (χ0v) is 8.68. The number of carbonyl (C=O) groups is 1. The van der Waals surface area contributed by atoms with Gasteiger partial charge in [0.2, 0.25) is 0 Å². The van der Waals surface area contributed by atoms with Gasteiger partial charge in [-0.15, -0.1) is 0 Å². The van der Waals surface area contributed by atoms with Gasteiger partial charge < -0.3 is 10.2 Å². The highest BCUT2D eigenvalue weighted by Gasteiger charge is 2.57. The van der Waals surface area contributed by atoms with E-state index in [0.717, 1.165) is 6.42 Å². The highest BCUT2D eigenvalue weighted by atomic mass is 16.4. The number of aliphatic carboxylic acids is 1. The summed E-state index contributed by atoms with van der Waals surface area (Å²) in [4.78, 5) is 11.1. The number of carboxylic acids is 1. The van der Waals surface area contributed by atoms with Gasteiger partial charge in [-0.25, -0.2) is 0 Å². The molecule has 3 nitrogen and oxygen atoms in total. The van der Waals surface area contributed by atoms with E-state index in [9.17, 15) is 9.90 Å². The quantitative estimate of drug-likeness (QED) is 0.701. The Kier molecular flexibility index (Phi) is 2.30. The fourth-order valence-corrected chi connectivity index (χ4v) is 3.76. The summed E-state index contributed by atoms with van der Waals surface area (Å²) in [5.74, 6) is 0.803. The minimum Gasteiger partial charge on any atom is -0.481 e. The van der Waals surface area contributed by atoms with Gasteiger partial charge in [0, 0.05) is 6.61 Å². The minimum atomic E-state index is -0.713. The maximum Gasteiger partial charge on any atom is 0.307 e. The molecular weight excluding hydrogens is 180 g/mol. The summed E-state index contributed by atoms with van der Waals surface area (Å²) < 4.78 is 0. The molecule has 0 saturated heterocycles. The van der Waals surface area contributed by atoms with Gasteiger partial charge in [0.15, 0.2) is 0 Å². The molecule has 2 fully saturated rings. The van der Waals surface area contributed by atoms with Crippen molar-refractivity contribution in [2.24, 2.45) is 35.5 Å². The average Bonchev–Trinajstić information content (AvgIpc) is 2.64. The fraction of sp³-hybridized carbons (Fsp3) is 0.909. The van der Waals surface area contributed by atoms with E-state index in [2.05, 4.69) is 13.8 Å². The van der Waals surface area contributed by atoms with Gasteiger partial charge in [-0.05, 0) is 36.0 Å². The van der Waals surface area contributed by atoms with Gasteiger partial charge in [-0.1, -0.05) is 13.8 Å². The number of aliphatic hydroxyl groups excluding tert-OH is 1. The number of hydrogen-bond donors (Lipinski definition) is 2. The SMILES string of the molecule is CC1C(C)C2CC1C(CO)C2C(=O)O. The number of hydrogen-bond acceptors (Lipinski definition) is 2.